The second-order valence-electron chi connectivity index (χ2n) is 8.57. The molecule has 3 aromatic carbocycles. The van der Waals surface area contributed by atoms with E-state index in [0.29, 0.717) is 29.8 Å². The van der Waals surface area contributed by atoms with Gasteiger partial charge < -0.3 is 9.47 Å². The third kappa shape index (κ3) is 5.44. The summed E-state index contributed by atoms with van der Waals surface area (Å²) in [7, 11) is 0. The van der Waals surface area contributed by atoms with Gasteiger partial charge in [-0.05, 0) is 85.4 Å². The molecule has 2 nitrogen and oxygen atoms in total. The highest BCUT2D eigenvalue weighted by Crippen LogP contribution is 2.36. The first kappa shape index (κ1) is 23.0. The lowest BCUT2D eigenvalue weighted by molar-refractivity contribution is 0.306. The molecule has 0 radical (unpaired) electrons. The molecule has 33 heavy (non-hydrogen) atoms. The van der Waals surface area contributed by atoms with Crippen molar-refractivity contribution in [2.75, 3.05) is 6.61 Å². The molecule has 1 aliphatic rings. The van der Waals surface area contributed by atoms with Gasteiger partial charge in [-0.25, -0.2) is 4.39 Å². The number of hydrogen-bond acceptors (Lipinski definition) is 2. The zero-order chi connectivity index (χ0) is 23.2. The Morgan fingerprint density at radius 1 is 0.848 bits per heavy atom. The van der Waals surface area contributed by atoms with Crippen molar-refractivity contribution in [1.29, 1.82) is 0 Å². The fourth-order valence-electron chi connectivity index (χ4n) is 4.49. The van der Waals surface area contributed by atoms with Gasteiger partial charge in [0, 0.05) is 5.56 Å². The number of rotatable bonds is 8. The predicted molar refractivity (Wildman–Crippen MR) is 129 cm³/mol. The Morgan fingerprint density at radius 3 is 2.18 bits per heavy atom. The van der Waals surface area contributed by atoms with Gasteiger partial charge in [0.25, 0.3) is 0 Å². The fourth-order valence-corrected chi connectivity index (χ4v) is 4.49. The standard InChI is InChI=1S/C29H30F2O2/c1-3-20-5-9-22(10-6-20)23-11-7-21(8-12-23)19-33-25-15-13-24(14-16-25)26-17-18-27(32-4-2)29(31)28(26)30/h3,7-8,11-18,20,22H,1,4-6,9-10,19H2,2H3. The third-order valence-electron chi connectivity index (χ3n) is 6.47. The number of allylic oxidation sites excluding steroid dienone is 1. The molecular weight excluding hydrogens is 418 g/mol. The summed E-state index contributed by atoms with van der Waals surface area (Å²) in [6.45, 7) is 6.39. The molecule has 1 fully saturated rings. The van der Waals surface area contributed by atoms with Gasteiger partial charge in [-0.3, -0.25) is 0 Å². The lowest BCUT2D eigenvalue weighted by Gasteiger charge is -2.27. The van der Waals surface area contributed by atoms with Crippen LogP contribution in [0.3, 0.4) is 0 Å². The van der Waals surface area contributed by atoms with Crippen LogP contribution < -0.4 is 9.47 Å². The van der Waals surface area contributed by atoms with E-state index in [0.717, 1.165) is 5.56 Å². The van der Waals surface area contributed by atoms with Crippen LogP contribution in [0.2, 0.25) is 0 Å². The smallest absolute Gasteiger partial charge is 0.201 e. The van der Waals surface area contributed by atoms with Gasteiger partial charge in [0.05, 0.1) is 6.61 Å². The van der Waals surface area contributed by atoms with E-state index in [-0.39, 0.29) is 17.9 Å². The van der Waals surface area contributed by atoms with E-state index < -0.39 is 11.6 Å². The topological polar surface area (TPSA) is 18.5 Å². The van der Waals surface area contributed by atoms with Gasteiger partial charge in [-0.2, -0.15) is 4.39 Å². The normalized spacial score (nSPS) is 18.0. The van der Waals surface area contributed by atoms with E-state index in [1.807, 2.05) is 0 Å². The first-order valence-electron chi connectivity index (χ1n) is 11.6. The molecule has 1 aliphatic carbocycles. The highest BCUT2D eigenvalue weighted by atomic mass is 19.2. The van der Waals surface area contributed by atoms with Crippen molar-refractivity contribution < 1.29 is 18.3 Å². The molecule has 0 spiro atoms. The summed E-state index contributed by atoms with van der Waals surface area (Å²) in [5, 5.41) is 0. The van der Waals surface area contributed by atoms with E-state index in [4.69, 9.17) is 9.47 Å². The van der Waals surface area contributed by atoms with E-state index in [1.54, 1.807) is 31.2 Å². The Balaban J connectivity index is 1.35. The van der Waals surface area contributed by atoms with Crippen molar-refractivity contribution in [1.82, 2.24) is 0 Å². The maximum Gasteiger partial charge on any atom is 0.201 e. The molecule has 3 aromatic rings. The minimum absolute atomic E-state index is 0.0748. The van der Waals surface area contributed by atoms with Crippen molar-refractivity contribution >= 4 is 0 Å². The molecule has 0 bridgehead atoms. The molecule has 0 aliphatic heterocycles. The average molecular weight is 449 g/mol. The van der Waals surface area contributed by atoms with Crippen molar-refractivity contribution in [2.45, 2.75) is 45.1 Å². The first-order valence-corrected chi connectivity index (χ1v) is 11.6. The molecule has 0 N–H and O–H groups in total. The molecule has 0 atom stereocenters. The monoisotopic (exact) mass is 448 g/mol. The van der Waals surface area contributed by atoms with Gasteiger partial charge in [0.1, 0.15) is 12.4 Å². The Hall–Kier alpha value is -3.14. The molecule has 1 saturated carbocycles. The van der Waals surface area contributed by atoms with E-state index in [9.17, 15) is 8.78 Å². The SMILES string of the molecule is C=CC1CCC(c2ccc(COc3ccc(-c4ccc(OCC)c(F)c4F)cc3)cc2)CC1. The molecule has 0 saturated heterocycles. The van der Waals surface area contributed by atoms with Crippen LogP contribution in [0.4, 0.5) is 8.78 Å². The molecule has 0 aromatic heterocycles. The van der Waals surface area contributed by atoms with E-state index in [2.05, 4.69) is 36.9 Å². The summed E-state index contributed by atoms with van der Waals surface area (Å²) >= 11 is 0. The van der Waals surface area contributed by atoms with Crippen LogP contribution in [0, 0.1) is 17.6 Å². The molecular formula is C29H30F2O2. The second kappa shape index (κ2) is 10.7. The van der Waals surface area contributed by atoms with Gasteiger partial charge in [0.15, 0.2) is 11.6 Å². The molecule has 172 valence electrons. The van der Waals surface area contributed by atoms with Crippen LogP contribution in [-0.2, 0) is 6.61 Å². The molecule has 0 unspecified atom stereocenters. The number of ether oxygens (including phenoxy) is 2. The van der Waals surface area contributed by atoms with Crippen LogP contribution in [-0.4, -0.2) is 6.61 Å². The largest absolute Gasteiger partial charge is 0.491 e. The quantitative estimate of drug-likeness (QED) is 0.324. The number of halogens is 2. The maximum atomic E-state index is 14.5. The zero-order valence-electron chi connectivity index (χ0n) is 19.0. The van der Waals surface area contributed by atoms with Crippen LogP contribution in [0.15, 0.2) is 73.3 Å². The zero-order valence-corrected chi connectivity index (χ0v) is 19.0. The third-order valence-corrected chi connectivity index (χ3v) is 6.47. The lowest BCUT2D eigenvalue weighted by Crippen LogP contribution is -2.11. The van der Waals surface area contributed by atoms with Crippen molar-refractivity contribution in [3.8, 4) is 22.6 Å². The van der Waals surface area contributed by atoms with Gasteiger partial charge in [-0.1, -0.05) is 42.5 Å². The maximum absolute atomic E-state index is 14.5. The van der Waals surface area contributed by atoms with Crippen LogP contribution in [0.1, 0.15) is 49.7 Å². The van der Waals surface area contributed by atoms with Crippen molar-refractivity contribution in [2.24, 2.45) is 5.92 Å². The molecule has 4 rings (SSSR count). The summed E-state index contributed by atoms with van der Waals surface area (Å²) in [6.07, 6.45) is 6.98. The van der Waals surface area contributed by atoms with Gasteiger partial charge in [-0.15, -0.1) is 6.58 Å². The second-order valence-corrected chi connectivity index (χ2v) is 8.57. The molecule has 0 amide bonds. The van der Waals surface area contributed by atoms with Crippen LogP contribution in [0.5, 0.6) is 11.5 Å². The molecule has 4 heteroatoms. The highest BCUT2D eigenvalue weighted by molar-refractivity contribution is 5.66. The van der Waals surface area contributed by atoms with Crippen molar-refractivity contribution in [3.05, 3.63) is 96.1 Å². The lowest BCUT2D eigenvalue weighted by atomic mass is 9.79. The highest BCUT2D eigenvalue weighted by Gasteiger charge is 2.20. The van der Waals surface area contributed by atoms with Gasteiger partial charge >= 0.3 is 0 Å². The summed E-state index contributed by atoms with van der Waals surface area (Å²) in [5.41, 5.74) is 3.27. The Bertz CT molecular complexity index is 1070. The summed E-state index contributed by atoms with van der Waals surface area (Å²) in [6, 6.07) is 18.7. The number of hydrogen-bond donors (Lipinski definition) is 0. The summed E-state index contributed by atoms with van der Waals surface area (Å²) in [5.74, 6) is 0.0351. The average Bonchev–Trinajstić information content (AvgIpc) is 2.87. The predicted octanol–water partition coefficient (Wildman–Crippen LogP) is 8.07. The van der Waals surface area contributed by atoms with E-state index >= 15 is 0 Å². The summed E-state index contributed by atoms with van der Waals surface area (Å²) in [4.78, 5) is 0. The van der Waals surface area contributed by atoms with Gasteiger partial charge in [0.2, 0.25) is 5.82 Å². The Kier molecular flexibility index (Phi) is 7.43. The summed E-state index contributed by atoms with van der Waals surface area (Å²) < 4.78 is 39.6. The first-order chi connectivity index (χ1) is 16.1. The van der Waals surface area contributed by atoms with E-state index in [1.165, 1.54) is 43.4 Å². The number of benzene rings is 3. The van der Waals surface area contributed by atoms with Crippen LogP contribution >= 0.6 is 0 Å². The Morgan fingerprint density at radius 2 is 1.55 bits per heavy atom. The van der Waals surface area contributed by atoms with Crippen molar-refractivity contribution in [3.63, 3.8) is 0 Å². The Labute approximate surface area is 194 Å². The minimum atomic E-state index is -0.966. The molecule has 0 heterocycles. The van der Waals surface area contributed by atoms with Crippen LogP contribution in [0.25, 0.3) is 11.1 Å². The fraction of sp³-hybridized carbons (Fsp3) is 0.310. The minimum Gasteiger partial charge on any atom is -0.491 e.